The highest BCUT2D eigenvalue weighted by Gasteiger charge is 2.32. The number of nitrogens with one attached hydrogen (secondary N) is 1. The van der Waals surface area contributed by atoms with Crippen LogP contribution in [0.25, 0.3) is 11.0 Å². The molecule has 0 radical (unpaired) electrons. The highest BCUT2D eigenvalue weighted by Crippen LogP contribution is 2.31. The summed E-state index contributed by atoms with van der Waals surface area (Å²) in [6, 6.07) is 8.63. The van der Waals surface area contributed by atoms with Crippen LogP contribution in [-0.2, 0) is 22.9 Å². The van der Waals surface area contributed by atoms with Crippen LogP contribution in [0.1, 0.15) is 17.7 Å². The molecule has 1 atom stereocenters. The zero-order chi connectivity index (χ0) is 19.2. The number of rotatable bonds is 4. The van der Waals surface area contributed by atoms with E-state index in [-0.39, 0.29) is 16.6 Å². The van der Waals surface area contributed by atoms with E-state index in [0.717, 1.165) is 28.7 Å². The summed E-state index contributed by atoms with van der Waals surface area (Å²) in [5.41, 5.74) is 3.89. The lowest BCUT2D eigenvalue weighted by atomic mass is 9.93. The van der Waals surface area contributed by atoms with Gasteiger partial charge in [0.05, 0.1) is 20.9 Å². The second-order valence-corrected chi connectivity index (χ2v) is 8.65. The smallest absolute Gasteiger partial charge is 0.269 e. The number of aryl methyl sites for hydroxylation is 1. The minimum atomic E-state index is -3.74. The van der Waals surface area contributed by atoms with Gasteiger partial charge in [-0.3, -0.25) is 15.1 Å². The van der Waals surface area contributed by atoms with Crippen LogP contribution in [0.3, 0.4) is 0 Å². The van der Waals surface area contributed by atoms with Crippen molar-refractivity contribution in [3.63, 3.8) is 0 Å². The first-order valence-electron chi connectivity index (χ1n) is 8.55. The Morgan fingerprint density at radius 1 is 1.26 bits per heavy atom. The van der Waals surface area contributed by atoms with Gasteiger partial charge >= 0.3 is 0 Å². The predicted octanol–water partition coefficient (Wildman–Crippen LogP) is 2.65. The maximum absolute atomic E-state index is 13.0. The number of likely N-dealkylation sites (N-methyl/N-ethyl adjacent to an activating group) is 1. The molecule has 27 heavy (non-hydrogen) atoms. The van der Waals surface area contributed by atoms with Gasteiger partial charge < -0.3 is 4.98 Å². The Morgan fingerprint density at radius 3 is 2.70 bits per heavy atom. The van der Waals surface area contributed by atoms with E-state index >= 15 is 0 Å². The van der Waals surface area contributed by atoms with Crippen molar-refractivity contribution in [3.8, 4) is 0 Å². The molecule has 1 aliphatic carbocycles. The Bertz CT molecular complexity index is 1120. The Hall–Kier alpha value is -2.78. The van der Waals surface area contributed by atoms with E-state index in [4.69, 9.17) is 0 Å². The number of nitrogens with zero attached hydrogens (tertiary/aromatic N) is 3. The van der Waals surface area contributed by atoms with Crippen LogP contribution in [0.5, 0.6) is 0 Å². The molecule has 1 aliphatic rings. The molecule has 140 valence electrons. The summed E-state index contributed by atoms with van der Waals surface area (Å²) >= 11 is 0. The van der Waals surface area contributed by atoms with Gasteiger partial charge in [-0.2, -0.15) is 4.31 Å². The Balaban J connectivity index is 1.62. The van der Waals surface area contributed by atoms with Gasteiger partial charge in [-0.05, 0) is 43.5 Å². The third-order valence-electron chi connectivity index (χ3n) is 5.15. The summed E-state index contributed by atoms with van der Waals surface area (Å²) < 4.78 is 27.3. The van der Waals surface area contributed by atoms with Crippen molar-refractivity contribution in [2.45, 2.75) is 30.2 Å². The molecule has 0 saturated heterocycles. The fourth-order valence-corrected chi connectivity index (χ4v) is 5.01. The summed E-state index contributed by atoms with van der Waals surface area (Å²) in [5, 5.41) is 10.8. The second-order valence-electron chi connectivity index (χ2n) is 6.65. The van der Waals surface area contributed by atoms with Crippen LogP contribution in [0.4, 0.5) is 5.69 Å². The Labute approximate surface area is 156 Å². The monoisotopic (exact) mass is 386 g/mol. The topological polar surface area (TPSA) is 109 Å². The van der Waals surface area contributed by atoms with E-state index in [0.29, 0.717) is 12.8 Å². The molecule has 0 fully saturated rings. The zero-order valence-corrected chi connectivity index (χ0v) is 15.4. The van der Waals surface area contributed by atoms with E-state index < -0.39 is 14.9 Å². The summed E-state index contributed by atoms with van der Waals surface area (Å²) in [5.74, 6) is 0. The number of aromatic nitrogens is 2. The van der Waals surface area contributed by atoms with Crippen molar-refractivity contribution in [2.75, 3.05) is 7.05 Å². The van der Waals surface area contributed by atoms with Gasteiger partial charge in [0.25, 0.3) is 5.69 Å². The minimum absolute atomic E-state index is 0.0541. The van der Waals surface area contributed by atoms with Crippen molar-refractivity contribution in [1.29, 1.82) is 0 Å². The molecule has 2 aromatic heterocycles. The van der Waals surface area contributed by atoms with Crippen molar-refractivity contribution in [3.05, 3.63) is 64.0 Å². The maximum Gasteiger partial charge on any atom is 0.269 e. The van der Waals surface area contributed by atoms with Crippen molar-refractivity contribution >= 4 is 26.7 Å². The van der Waals surface area contributed by atoms with E-state index in [1.54, 1.807) is 13.2 Å². The minimum Gasteiger partial charge on any atom is -0.357 e. The van der Waals surface area contributed by atoms with Crippen LogP contribution in [-0.4, -0.2) is 40.7 Å². The molecule has 1 N–H and O–H groups in total. The third-order valence-corrected chi connectivity index (χ3v) is 7.07. The molecule has 3 aromatic rings. The third kappa shape index (κ3) is 2.98. The summed E-state index contributed by atoms with van der Waals surface area (Å²) in [7, 11) is -2.18. The van der Waals surface area contributed by atoms with Crippen molar-refractivity contribution in [1.82, 2.24) is 14.3 Å². The standard InChI is InChI=1S/C18H18N4O4S/c1-21(27(25,26)14-7-4-12(5-8-14)22(23)24)13-6-9-16-15(11-13)18-17(20-16)3-2-10-19-18/h2-5,7-8,10,13,20H,6,9,11H2,1H3. The molecule has 8 nitrogen and oxygen atoms in total. The van der Waals surface area contributed by atoms with Crippen LogP contribution < -0.4 is 0 Å². The Morgan fingerprint density at radius 2 is 2.00 bits per heavy atom. The zero-order valence-electron chi connectivity index (χ0n) is 14.6. The van der Waals surface area contributed by atoms with E-state index in [2.05, 4.69) is 9.97 Å². The van der Waals surface area contributed by atoms with Gasteiger partial charge in [-0.15, -0.1) is 0 Å². The first kappa shape index (κ1) is 17.6. The van der Waals surface area contributed by atoms with Crippen LogP contribution in [0.15, 0.2) is 47.5 Å². The van der Waals surface area contributed by atoms with Gasteiger partial charge in [-0.25, -0.2) is 8.42 Å². The molecule has 2 heterocycles. The van der Waals surface area contributed by atoms with Crippen LogP contribution >= 0.6 is 0 Å². The molecule has 1 aromatic carbocycles. The van der Waals surface area contributed by atoms with Gasteiger partial charge in [-0.1, -0.05) is 0 Å². The predicted molar refractivity (Wildman–Crippen MR) is 100.0 cm³/mol. The van der Waals surface area contributed by atoms with Crippen LogP contribution in [0.2, 0.25) is 0 Å². The fourth-order valence-electron chi connectivity index (χ4n) is 3.62. The quantitative estimate of drug-likeness (QED) is 0.548. The van der Waals surface area contributed by atoms with Crippen molar-refractivity contribution < 1.29 is 13.3 Å². The fraction of sp³-hybridized carbons (Fsp3) is 0.278. The first-order valence-corrected chi connectivity index (χ1v) is 9.99. The molecule has 0 aliphatic heterocycles. The maximum atomic E-state index is 13.0. The number of nitro benzene ring substituents is 1. The summed E-state index contributed by atoms with van der Waals surface area (Å²) in [4.78, 5) is 18.1. The first-order chi connectivity index (χ1) is 12.9. The number of hydrogen-bond acceptors (Lipinski definition) is 5. The normalized spacial score (nSPS) is 17.2. The number of pyridine rings is 1. The highest BCUT2D eigenvalue weighted by molar-refractivity contribution is 7.89. The van der Waals surface area contributed by atoms with Crippen molar-refractivity contribution in [2.24, 2.45) is 0 Å². The second kappa shape index (κ2) is 6.43. The van der Waals surface area contributed by atoms with Gasteiger partial charge in [0.15, 0.2) is 0 Å². The summed E-state index contributed by atoms with van der Waals surface area (Å²) in [6.45, 7) is 0. The van der Waals surface area contributed by atoms with Crippen LogP contribution in [0, 0.1) is 10.1 Å². The lowest BCUT2D eigenvalue weighted by molar-refractivity contribution is -0.384. The molecule has 0 amide bonds. The average Bonchev–Trinajstić information content (AvgIpc) is 3.05. The van der Waals surface area contributed by atoms with E-state index in [9.17, 15) is 18.5 Å². The molecular weight excluding hydrogens is 368 g/mol. The molecule has 0 spiro atoms. The summed E-state index contributed by atoms with van der Waals surface area (Å²) in [6.07, 6.45) is 3.76. The van der Waals surface area contributed by atoms with E-state index in [1.807, 2.05) is 12.1 Å². The molecule has 0 saturated carbocycles. The van der Waals surface area contributed by atoms with Gasteiger partial charge in [0.1, 0.15) is 0 Å². The molecule has 4 rings (SSSR count). The van der Waals surface area contributed by atoms with Gasteiger partial charge in [0.2, 0.25) is 10.0 Å². The number of non-ortho nitro benzene ring substituents is 1. The average molecular weight is 386 g/mol. The lowest BCUT2D eigenvalue weighted by Crippen LogP contribution is -2.40. The molecule has 1 unspecified atom stereocenters. The SMILES string of the molecule is CN(C1CCc2[nH]c3cccnc3c2C1)S(=O)(=O)c1ccc([N+](=O)[O-])cc1. The highest BCUT2D eigenvalue weighted by atomic mass is 32.2. The number of aromatic amines is 1. The molecule has 9 heteroatoms. The van der Waals surface area contributed by atoms with E-state index in [1.165, 1.54) is 28.6 Å². The number of sulfonamides is 1. The molecule has 0 bridgehead atoms. The lowest BCUT2D eigenvalue weighted by Gasteiger charge is -2.30. The number of fused-ring (bicyclic) bond motifs is 3. The largest absolute Gasteiger partial charge is 0.357 e. The van der Waals surface area contributed by atoms with Gasteiger partial charge in [0, 0.05) is 42.7 Å². The number of H-pyrrole nitrogens is 1. The molecular formula is C18H18N4O4S. The number of benzene rings is 1. The number of hydrogen-bond donors (Lipinski definition) is 1. The number of nitro groups is 1. The Kier molecular flexibility index (Phi) is 4.20.